The zero-order valence-electron chi connectivity index (χ0n) is 13.1. The van der Waals surface area contributed by atoms with E-state index in [0.29, 0.717) is 18.4 Å². The highest BCUT2D eigenvalue weighted by Crippen LogP contribution is 2.29. The number of hydrogen-bond donors (Lipinski definition) is 1. The van der Waals surface area contributed by atoms with Crippen LogP contribution in [0.25, 0.3) is 11.4 Å². The van der Waals surface area contributed by atoms with E-state index in [1.54, 1.807) is 12.4 Å². The number of aryl methyl sites for hydroxylation is 2. The van der Waals surface area contributed by atoms with Crippen molar-refractivity contribution in [1.29, 1.82) is 0 Å². The Balaban J connectivity index is 1.94. The molecule has 0 bridgehead atoms. The Morgan fingerprint density at radius 3 is 2.72 bits per heavy atom. The lowest BCUT2D eigenvalue weighted by atomic mass is 10.00. The Morgan fingerprint density at radius 2 is 2.04 bits per heavy atom. The van der Waals surface area contributed by atoms with E-state index in [2.05, 4.69) is 24.6 Å². The van der Waals surface area contributed by atoms with Crippen LogP contribution in [0, 0.1) is 6.92 Å². The summed E-state index contributed by atoms with van der Waals surface area (Å²) in [5.41, 5.74) is 2.06. The molecule has 3 rings (SSSR count). The molecule has 0 unspecified atom stereocenters. The fraction of sp³-hybridized carbons (Fsp3) is 0.250. The van der Waals surface area contributed by atoms with Gasteiger partial charge >= 0.3 is 12.1 Å². The van der Waals surface area contributed by atoms with Gasteiger partial charge in [-0.05, 0) is 43.0 Å². The molecule has 0 aromatic carbocycles. The first-order chi connectivity index (χ1) is 11.9. The lowest BCUT2D eigenvalue weighted by molar-refractivity contribution is -0.159. The summed E-state index contributed by atoms with van der Waals surface area (Å²) in [6.07, 6.45) is 0.761. The van der Waals surface area contributed by atoms with Crippen molar-refractivity contribution >= 4 is 0 Å². The van der Waals surface area contributed by atoms with Gasteiger partial charge in [-0.2, -0.15) is 18.2 Å². The van der Waals surface area contributed by atoms with Crippen LogP contribution < -0.4 is 5.56 Å². The molecule has 0 saturated carbocycles. The second-order valence-corrected chi connectivity index (χ2v) is 5.42. The summed E-state index contributed by atoms with van der Waals surface area (Å²) < 4.78 is 42.2. The number of halogens is 3. The number of pyridine rings is 2. The van der Waals surface area contributed by atoms with Crippen molar-refractivity contribution in [2.45, 2.75) is 25.9 Å². The minimum absolute atomic E-state index is 0.213. The standard InChI is InChI=1S/C16H13F3N4O2/c1-9-4-6-20-8-10(9)2-3-12-11(5-7-21-14(12)24)13-22-15(25-23-13)16(17,18)19/h4-8H,2-3H2,1H3,(H,21,24). The molecule has 6 nitrogen and oxygen atoms in total. The molecular weight excluding hydrogens is 337 g/mol. The summed E-state index contributed by atoms with van der Waals surface area (Å²) in [5.74, 6) is -1.71. The molecule has 3 heterocycles. The second-order valence-electron chi connectivity index (χ2n) is 5.42. The summed E-state index contributed by atoms with van der Waals surface area (Å²) in [6.45, 7) is 1.92. The number of alkyl halides is 3. The predicted octanol–water partition coefficient (Wildman–Crippen LogP) is 2.93. The van der Waals surface area contributed by atoms with E-state index in [9.17, 15) is 18.0 Å². The van der Waals surface area contributed by atoms with Crippen LogP contribution in [0.5, 0.6) is 0 Å². The van der Waals surface area contributed by atoms with Gasteiger partial charge in [-0.3, -0.25) is 9.78 Å². The number of rotatable bonds is 4. The molecular formula is C16H13F3N4O2. The Labute approximate surface area is 139 Å². The van der Waals surface area contributed by atoms with Gasteiger partial charge in [0.2, 0.25) is 5.82 Å². The van der Waals surface area contributed by atoms with Gasteiger partial charge in [-0.1, -0.05) is 5.16 Å². The van der Waals surface area contributed by atoms with E-state index in [1.807, 2.05) is 13.0 Å². The van der Waals surface area contributed by atoms with Crippen LogP contribution in [0.1, 0.15) is 22.6 Å². The first-order valence-corrected chi connectivity index (χ1v) is 7.37. The Hall–Kier alpha value is -2.97. The quantitative estimate of drug-likeness (QED) is 0.782. The molecule has 0 amide bonds. The van der Waals surface area contributed by atoms with E-state index >= 15 is 0 Å². The Morgan fingerprint density at radius 1 is 1.24 bits per heavy atom. The highest BCUT2D eigenvalue weighted by molar-refractivity contribution is 5.58. The minimum Gasteiger partial charge on any atom is -0.329 e. The maximum absolute atomic E-state index is 12.6. The molecule has 0 atom stereocenters. The number of H-pyrrole nitrogens is 1. The van der Waals surface area contributed by atoms with Gasteiger partial charge in [0.05, 0.1) is 0 Å². The Kier molecular flexibility index (Phi) is 4.39. The van der Waals surface area contributed by atoms with Gasteiger partial charge in [0, 0.05) is 29.7 Å². The van der Waals surface area contributed by atoms with Gasteiger partial charge in [0.15, 0.2) is 0 Å². The van der Waals surface area contributed by atoms with Gasteiger partial charge in [0.25, 0.3) is 5.56 Å². The van der Waals surface area contributed by atoms with Crippen molar-refractivity contribution in [1.82, 2.24) is 20.1 Å². The molecule has 0 aliphatic rings. The lowest BCUT2D eigenvalue weighted by Gasteiger charge is -2.07. The van der Waals surface area contributed by atoms with Crippen molar-refractivity contribution in [3.05, 3.63) is 63.7 Å². The summed E-state index contributed by atoms with van der Waals surface area (Å²) in [6, 6.07) is 3.30. The van der Waals surface area contributed by atoms with Crippen LogP contribution in [-0.2, 0) is 19.0 Å². The van der Waals surface area contributed by atoms with Crippen LogP contribution in [-0.4, -0.2) is 20.1 Å². The first-order valence-electron chi connectivity index (χ1n) is 7.37. The summed E-state index contributed by atoms with van der Waals surface area (Å²) >= 11 is 0. The fourth-order valence-electron chi connectivity index (χ4n) is 2.43. The van der Waals surface area contributed by atoms with E-state index in [1.165, 1.54) is 12.3 Å². The molecule has 3 aromatic heterocycles. The minimum atomic E-state index is -4.74. The van der Waals surface area contributed by atoms with Crippen LogP contribution in [0.15, 0.2) is 40.0 Å². The molecule has 0 aliphatic heterocycles. The molecule has 9 heteroatoms. The van der Waals surface area contributed by atoms with Crippen molar-refractivity contribution < 1.29 is 17.7 Å². The molecule has 25 heavy (non-hydrogen) atoms. The van der Waals surface area contributed by atoms with Gasteiger partial charge in [0.1, 0.15) is 0 Å². The average molecular weight is 350 g/mol. The van der Waals surface area contributed by atoms with Crippen molar-refractivity contribution in [3.8, 4) is 11.4 Å². The number of hydrogen-bond acceptors (Lipinski definition) is 5. The zero-order chi connectivity index (χ0) is 18.0. The monoisotopic (exact) mass is 350 g/mol. The molecule has 0 aliphatic carbocycles. The van der Waals surface area contributed by atoms with Crippen molar-refractivity contribution in [2.75, 3.05) is 0 Å². The predicted molar refractivity (Wildman–Crippen MR) is 81.7 cm³/mol. The average Bonchev–Trinajstić information content (AvgIpc) is 3.05. The Bertz CT molecular complexity index is 947. The van der Waals surface area contributed by atoms with E-state index in [-0.39, 0.29) is 11.4 Å². The van der Waals surface area contributed by atoms with E-state index in [0.717, 1.165) is 11.1 Å². The number of aromatic amines is 1. The smallest absolute Gasteiger partial charge is 0.329 e. The number of nitrogens with zero attached hydrogens (tertiary/aromatic N) is 3. The molecule has 130 valence electrons. The fourth-order valence-corrected chi connectivity index (χ4v) is 2.43. The first kappa shape index (κ1) is 16.9. The topological polar surface area (TPSA) is 84.7 Å². The van der Waals surface area contributed by atoms with Crippen LogP contribution in [0.2, 0.25) is 0 Å². The maximum Gasteiger partial charge on any atom is 0.471 e. The summed E-state index contributed by atoms with van der Waals surface area (Å²) in [7, 11) is 0. The van der Waals surface area contributed by atoms with E-state index in [4.69, 9.17) is 0 Å². The number of nitrogens with one attached hydrogen (secondary N) is 1. The van der Waals surface area contributed by atoms with Crippen LogP contribution in [0.4, 0.5) is 13.2 Å². The summed E-state index contributed by atoms with van der Waals surface area (Å²) in [5, 5.41) is 3.36. The number of aromatic nitrogens is 4. The third-order valence-electron chi connectivity index (χ3n) is 3.76. The van der Waals surface area contributed by atoms with E-state index < -0.39 is 17.6 Å². The molecule has 3 aromatic rings. The third kappa shape index (κ3) is 3.59. The molecule has 0 fully saturated rings. The van der Waals surface area contributed by atoms with Gasteiger partial charge < -0.3 is 9.51 Å². The van der Waals surface area contributed by atoms with Gasteiger partial charge in [-0.15, -0.1) is 0 Å². The zero-order valence-corrected chi connectivity index (χ0v) is 13.1. The van der Waals surface area contributed by atoms with Gasteiger partial charge in [-0.25, -0.2) is 0 Å². The molecule has 0 saturated heterocycles. The third-order valence-corrected chi connectivity index (χ3v) is 3.76. The molecule has 0 spiro atoms. The van der Waals surface area contributed by atoms with Crippen LogP contribution in [0.3, 0.4) is 0 Å². The largest absolute Gasteiger partial charge is 0.471 e. The highest BCUT2D eigenvalue weighted by atomic mass is 19.4. The maximum atomic E-state index is 12.6. The highest BCUT2D eigenvalue weighted by Gasteiger charge is 2.38. The van der Waals surface area contributed by atoms with Crippen molar-refractivity contribution in [3.63, 3.8) is 0 Å². The van der Waals surface area contributed by atoms with Crippen molar-refractivity contribution in [2.24, 2.45) is 0 Å². The molecule has 1 N–H and O–H groups in total. The molecule has 0 radical (unpaired) electrons. The van der Waals surface area contributed by atoms with Crippen LogP contribution >= 0.6 is 0 Å². The second kappa shape index (κ2) is 6.50. The lowest BCUT2D eigenvalue weighted by Crippen LogP contribution is -2.15. The normalized spacial score (nSPS) is 11.7. The summed E-state index contributed by atoms with van der Waals surface area (Å²) in [4.78, 5) is 22.1. The SMILES string of the molecule is Cc1ccncc1CCc1c(-c2noc(C(F)(F)F)n2)cc[nH]c1=O.